The van der Waals surface area contributed by atoms with E-state index in [4.69, 9.17) is 10.8 Å². The lowest BCUT2D eigenvalue weighted by Gasteiger charge is -2.15. The van der Waals surface area contributed by atoms with Crippen molar-refractivity contribution in [2.24, 2.45) is 11.7 Å². The first kappa shape index (κ1) is 16.9. The number of aliphatic hydroxyl groups excluding tert-OH is 1. The van der Waals surface area contributed by atoms with Gasteiger partial charge in [0, 0.05) is 12.3 Å². The first-order valence-corrected chi connectivity index (χ1v) is 5.81. The van der Waals surface area contributed by atoms with Gasteiger partial charge in [0.25, 0.3) is 0 Å². The van der Waals surface area contributed by atoms with E-state index in [1.54, 1.807) is 0 Å². The number of halogens is 1. The standard InChI is InChI=1S/C13H20N2O2.ClH/c1-9(2)12(14)13(17)15-11-5-3-10(4-6-11)7-8-16;/h3-6,9,12,16H,7-8,14H2,1-2H3,(H,15,17);1H. The molecule has 0 bridgehead atoms. The monoisotopic (exact) mass is 272 g/mol. The summed E-state index contributed by atoms with van der Waals surface area (Å²) in [5.74, 6) is -0.0569. The summed E-state index contributed by atoms with van der Waals surface area (Å²) < 4.78 is 0. The summed E-state index contributed by atoms with van der Waals surface area (Å²) in [6, 6.07) is 6.90. The topological polar surface area (TPSA) is 75.4 Å². The fraction of sp³-hybridized carbons (Fsp3) is 0.462. The van der Waals surface area contributed by atoms with Crippen LogP contribution in [0.15, 0.2) is 24.3 Å². The van der Waals surface area contributed by atoms with Crippen LogP contribution in [-0.2, 0) is 11.2 Å². The van der Waals surface area contributed by atoms with Crippen LogP contribution < -0.4 is 11.1 Å². The normalized spacial score (nSPS) is 11.8. The van der Waals surface area contributed by atoms with Gasteiger partial charge in [-0.1, -0.05) is 26.0 Å². The largest absolute Gasteiger partial charge is 0.396 e. The number of hydrogen-bond donors (Lipinski definition) is 3. The molecule has 102 valence electrons. The maximum absolute atomic E-state index is 11.7. The van der Waals surface area contributed by atoms with E-state index >= 15 is 0 Å². The Balaban J connectivity index is 0.00000289. The molecule has 0 aliphatic heterocycles. The van der Waals surface area contributed by atoms with Gasteiger partial charge in [-0.2, -0.15) is 0 Å². The first-order valence-electron chi connectivity index (χ1n) is 5.81. The van der Waals surface area contributed by atoms with Crippen molar-refractivity contribution < 1.29 is 9.90 Å². The molecule has 4 N–H and O–H groups in total. The van der Waals surface area contributed by atoms with E-state index in [9.17, 15) is 4.79 Å². The second-order valence-corrected chi connectivity index (χ2v) is 4.43. The van der Waals surface area contributed by atoms with Crippen LogP contribution in [0.4, 0.5) is 5.69 Å². The summed E-state index contributed by atoms with van der Waals surface area (Å²) in [4.78, 5) is 11.7. The molecule has 1 unspecified atom stereocenters. The average Bonchev–Trinajstić information content (AvgIpc) is 2.30. The number of hydrogen-bond acceptors (Lipinski definition) is 3. The van der Waals surface area contributed by atoms with Crippen LogP contribution in [0.25, 0.3) is 0 Å². The van der Waals surface area contributed by atoms with E-state index in [1.807, 2.05) is 38.1 Å². The zero-order valence-electron chi connectivity index (χ0n) is 10.7. The van der Waals surface area contributed by atoms with Crippen LogP contribution in [-0.4, -0.2) is 23.7 Å². The van der Waals surface area contributed by atoms with Gasteiger partial charge in [0.1, 0.15) is 0 Å². The minimum Gasteiger partial charge on any atom is -0.396 e. The molecule has 0 aliphatic carbocycles. The zero-order chi connectivity index (χ0) is 12.8. The lowest BCUT2D eigenvalue weighted by atomic mass is 10.0. The van der Waals surface area contributed by atoms with E-state index in [1.165, 1.54) is 0 Å². The molecule has 1 amide bonds. The lowest BCUT2D eigenvalue weighted by Crippen LogP contribution is -2.39. The minimum atomic E-state index is -0.493. The molecule has 0 aliphatic rings. The summed E-state index contributed by atoms with van der Waals surface area (Å²) in [5, 5.41) is 11.5. The van der Waals surface area contributed by atoms with Crippen molar-refractivity contribution in [3.05, 3.63) is 29.8 Å². The molecule has 1 atom stereocenters. The highest BCUT2D eigenvalue weighted by Crippen LogP contribution is 2.11. The average molecular weight is 273 g/mol. The number of carbonyl (C=O) groups excluding carboxylic acids is 1. The summed E-state index contributed by atoms with van der Waals surface area (Å²) in [6.07, 6.45) is 0.625. The Morgan fingerprint density at radius 3 is 2.33 bits per heavy atom. The van der Waals surface area contributed by atoms with Crippen molar-refractivity contribution in [2.45, 2.75) is 26.3 Å². The molecule has 0 spiro atoms. The molecule has 0 heterocycles. The third kappa shape index (κ3) is 5.04. The number of amides is 1. The Morgan fingerprint density at radius 2 is 1.89 bits per heavy atom. The fourth-order valence-corrected chi connectivity index (χ4v) is 1.41. The third-order valence-electron chi connectivity index (χ3n) is 2.64. The van der Waals surface area contributed by atoms with Gasteiger partial charge in [-0.25, -0.2) is 0 Å². The van der Waals surface area contributed by atoms with Gasteiger partial charge in [-0.3, -0.25) is 4.79 Å². The predicted octanol–water partition coefficient (Wildman–Crippen LogP) is 1.56. The van der Waals surface area contributed by atoms with Crippen molar-refractivity contribution >= 4 is 24.0 Å². The molecule has 1 aromatic rings. The van der Waals surface area contributed by atoms with E-state index in [0.717, 1.165) is 11.3 Å². The molecule has 1 aromatic carbocycles. The molecule has 1 rings (SSSR count). The van der Waals surface area contributed by atoms with Gasteiger partial charge in [0.15, 0.2) is 0 Å². The number of nitrogens with one attached hydrogen (secondary N) is 1. The van der Waals surface area contributed by atoms with Gasteiger partial charge in [-0.05, 0) is 30.0 Å². The molecule has 0 aromatic heterocycles. The van der Waals surface area contributed by atoms with Gasteiger partial charge >= 0.3 is 0 Å². The van der Waals surface area contributed by atoms with Crippen LogP contribution in [0.1, 0.15) is 19.4 Å². The lowest BCUT2D eigenvalue weighted by molar-refractivity contribution is -0.118. The van der Waals surface area contributed by atoms with Crippen LogP contribution in [0.3, 0.4) is 0 Å². The Bertz CT molecular complexity index is 366. The number of benzene rings is 1. The molecule has 4 nitrogen and oxygen atoms in total. The Hall–Kier alpha value is -1.10. The molecule has 5 heteroatoms. The fourth-order valence-electron chi connectivity index (χ4n) is 1.41. The van der Waals surface area contributed by atoms with Crippen LogP contribution in [0.2, 0.25) is 0 Å². The molecule has 18 heavy (non-hydrogen) atoms. The number of anilines is 1. The van der Waals surface area contributed by atoms with Gasteiger partial charge in [0.2, 0.25) is 5.91 Å². The second kappa shape index (κ2) is 8.08. The van der Waals surface area contributed by atoms with Gasteiger partial charge in [-0.15, -0.1) is 12.4 Å². The highest BCUT2D eigenvalue weighted by molar-refractivity contribution is 5.94. The number of aliphatic hydroxyl groups is 1. The number of nitrogens with two attached hydrogens (primary N) is 1. The maximum atomic E-state index is 11.7. The van der Waals surface area contributed by atoms with E-state index in [-0.39, 0.29) is 30.8 Å². The minimum absolute atomic E-state index is 0. The summed E-state index contributed by atoms with van der Waals surface area (Å²) in [7, 11) is 0. The highest BCUT2D eigenvalue weighted by atomic mass is 35.5. The smallest absolute Gasteiger partial charge is 0.241 e. The molecule has 0 saturated heterocycles. The Labute approximate surface area is 114 Å². The first-order chi connectivity index (χ1) is 8.04. The number of carbonyl (C=O) groups is 1. The molecular weight excluding hydrogens is 252 g/mol. The van der Waals surface area contributed by atoms with Crippen molar-refractivity contribution in [1.29, 1.82) is 0 Å². The predicted molar refractivity (Wildman–Crippen MR) is 75.9 cm³/mol. The van der Waals surface area contributed by atoms with E-state index in [2.05, 4.69) is 5.32 Å². The molecule has 0 fully saturated rings. The van der Waals surface area contributed by atoms with Crippen LogP contribution in [0.5, 0.6) is 0 Å². The van der Waals surface area contributed by atoms with Gasteiger partial charge < -0.3 is 16.2 Å². The molecule has 0 saturated carbocycles. The summed E-state index contributed by atoms with van der Waals surface area (Å²) in [6.45, 7) is 3.95. The van der Waals surface area contributed by atoms with Crippen molar-refractivity contribution in [3.8, 4) is 0 Å². The summed E-state index contributed by atoms with van der Waals surface area (Å²) in [5.41, 5.74) is 7.51. The Kier molecular flexibility index (Phi) is 7.59. The number of rotatable bonds is 5. The molecule has 0 radical (unpaired) electrons. The third-order valence-corrected chi connectivity index (χ3v) is 2.64. The molecular formula is C13H21ClN2O2. The van der Waals surface area contributed by atoms with E-state index in [0.29, 0.717) is 6.42 Å². The van der Waals surface area contributed by atoms with Crippen LogP contribution in [0, 0.1) is 5.92 Å². The van der Waals surface area contributed by atoms with Crippen LogP contribution >= 0.6 is 12.4 Å². The second-order valence-electron chi connectivity index (χ2n) is 4.43. The SMILES string of the molecule is CC(C)C(N)C(=O)Nc1ccc(CCO)cc1.Cl. The van der Waals surface area contributed by atoms with Crippen molar-refractivity contribution in [2.75, 3.05) is 11.9 Å². The van der Waals surface area contributed by atoms with E-state index < -0.39 is 6.04 Å². The quantitative estimate of drug-likeness (QED) is 0.762. The zero-order valence-corrected chi connectivity index (χ0v) is 11.5. The van der Waals surface area contributed by atoms with Crippen molar-refractivity contribution in [1.82, 2.24) is 0 Å². The van der Waals surface area contributed by atoms with Gasteiger partial charge in [0.05, 0.1) is 6.04 Å². The Morgan fingerprint density at radius 1 is 1.33 bits per heavy atom. The highest BCUT2D eigenvalue weighted by Gasteiger charge is 2.16. The maximum Gasteiger partial charge on any atom is 0.241 e. The van der Waals surface area contributed by atoms with Crippen molar-refractivity contribution in [3.63, 3.8) is 0 Å². The summed E-state index contributed by atoms with van der Waals surface area (Å²) >= 11 is 0.